The van der Waals surface area contributed by atoms with Gasteiger partial charge in [-0.15, -0.1) is 0 Å². The number of anilines is 2. The lowest BCUT2D eigenvalue weighted by Crippen LogP contribution is -2.35. The molecule has 148 valence electrons. The van der Waals surface area contributed by atoms with Gasteiger partial charge in [0, 0.05) is 49.3 Å². The van der Waals surface area contributed by atoms with Crippen molar-refractivity contribution < 1.29 is 9.59 Å². The summed E-state index contributed by atoms with van der Waals surface area (Å²) in [6.45, 7) is 5.39. The Labute approximate surface area is 166 Å². The highest BCUT2D eigenvalue weighted by Crippen LogP contribution is 2.28. The Morgan fingerprint density at radius 3 is 2.75 bits per heavy atom. The highest BCUT2D eigenvalue weighted by Gasteiger charge is 2.28. The Bertz CT molecular complexity index is 809. The van der Waals surface area contributed by atoms with Crippen LogP contribution in [0.4, 0.5) is 16.2 Å². The maximum Gasteiger partial charge on any atom is 0.322 e. The minimum atomic E-state index is -0.136. The fraction of sp³-hybridized carbons (Fsp3) is 0.409. The van der Waals surface area contributed by atoms with Crippen LogP contribution in [0.1, 0.15) is 45.1 Å². The second-order valence-corrected chi connectivity index (χ2v) is 7.26. The molecule has 1 fully saturated rings. The molecule has 1 atom stereocenters. The van der Waals surface area contributed by atoms with E-state index in [9.17, 15) is 9.59 Å². The molecule has 0 spiro atoms. The highest BCUT2D eigenvalue weighted by molar-refractivity contribution is 5.97. The molecular formula is C22H28N4O2. The third-order valence-electron chi connectivity index (χ3n) is 5.05. The molecule has 1 aromatic carbocycles. The van der Waals surface area contributed by atoms with Crippen LogP contribution in [0.3, 0.4) is 0 Å². The number of rotatable bonds is 7. The Morgan fingerprint density at radius 2 is 2.07 bits per heavy atom. The lowest BCUT2D eigenvalue weighted by Gasteiger charge is -2.25. The molecule has 2 aromatic rings. The normalized spacial score (nSPS) is 16.3. The number of urea groups is 1. The summed E-state index contributed by atoms with van der Waals surface area (Å²) in [5, 5.41) is 3.00. The van der Waals surface area contributed by atoms with E-state index in [-0.39, 0.29) is 18.0 Å². The van der Waals surface area contributed by atoms with Crippen LogP contribution >= 0.6 is 0 Å². The molecule has 1 aliphatic rings. The van der Waals surface area contributed by atoms with Crippen molar-refractivity contribution in [2.24, 2.45) is 0 Å². The van der Waals surface area contributed by atoms with Gasteiger partial charge in [-0.2, -0.15) is 0 Å². The molecule has 2 heterocycles. The number of carbonyl (C=O) groups excluding carboxylic acids is 2. The molecular weight excluding hydrogens is 352 g/mol. The summed E-state index contributed by atoms with van der Waals surface area (Å²) in [4.78, 5) is 32.7. The van der Waals surface area contributed by atoms with Gasteiger partial charge in [-0.25, -0.2) is 4.79 Å². The van der Waals surface area contributed by atoms with E-state index < -0.39 is 0 Å². The molecule has 6 heteroatoms. The number of benzene rings is 1. The summed E-state index contributed by atoms with van der Waals surface area (Å²) in [6, 6.07) is 11.4. The zero-order valence-corrected chi connectivity index (χ0v) is 16.6. The molecule has 1 saturated heterocycles. The molecule has 0 radical (unpaired) electrons. The first-order valence-corrected chi connectivity index (χ1v) is 9.95. The van der Waals surface area contributed by atoms with Gasteiger partial charge in [0.15, 0.2) is 0 Å². The molecule has 1 aromatic heterocycles. The number of nitrogens with zero attached hydrogens (tertiary/aromatic N) is 3. The Hall–Kier alpha value is -2.89. The smallest absolute Gasteiger partial charge is 0.320 e. The predicted molar refractivity (Wildman–Crippen MR) is 111 cm³/mol. The van der Waals surface area contributed by atoms with Crippen molar-refractivity contribution in [1.29, 1.82) is 0 Å². The van der Waals surface area contributed by atoms with E-state index in [0.29, 0.717) is 25.2 Å². The predicted octanol–water partition coefficient (Wildman–Crippen LogP) is 4.43. The summed E-state index contributed by atoms with van der Waals surface area (Å²) >= 11 is 0. The average molecular weight is 380 g/mol. The molecule has 0 unspecified atom stereocenters. The first kappa shape index (κ1) is 19.9. The number of nitrogens with one attached hydrogen (secondary N) is 1. The second-order valence-electron chi connectivity index (χ2n) is 7.26. The van der Waals surface area contributed by atoms with Gasteiger partial charge in [-0.05, 0) is 55.7 Å². The summed E-state index contributed by atoms with van der Waals surface area (Å²) in [6.07, 6.45) is 6.88. The van der Waals surface area contributed by atoms with E-state index in [0.717, 1.165) is 30.5 Å². The SMILES string of the molecule is CCCCN(Cc1ccncc1)C(=O)Nc1cccc(N2C(=O)CC[C@@H]2C)c1. The quantitative estimate of drug-likeness (QED) is 0.773. The van der Waals surface area contributed by atoms with Crippen molar-refractivity contribution in [3.8, 4) is 0 Å². The highest BCUT2D eigenvalue weighted by atomic mass is 16.2. The van der Waals surface area contributed by atoms with Crippen molar-refractivity contribution in [1.82, 2.24) is 9.88 Å². The van der Waals surface area contributed by atoms with Crippen molar-refractivity contribution in [2.45, 2.75) is 52.1 Å². The van der Waals surface area contributed by atoms with Crippen molar-refractivity contribution in [3.63, 3.8) is 0 Å². The van der Waals surface area contributed by atoms with Crippen LogP contribution in [0.15, 0.2) is 48.8 Å². The maximum absolute atomic E-state index is 12.9. The minimum Gasteiger partial charge on any atom is -0.320 e. The lowest BCUT2D eigenvalue weighted by molar-refractivity contribution is -0.117. The molecule has 6 nitrogen and oxygen atoms in total. The molecule has 3 amide bonds. The van der Waals surface area contributed by atoms with Gasteiger partial charge < -0.3 is 15.1 Å². The summed E-state index contributed by atoms with van der Waals surface area (Å²) in [5.74, 6) is 0.137. The van der Waals surface area contributed by atoms with E-state index in [2.05, 4.69) is 24.1 Å². The molecule has 0 saturated carbocycles. The van der Waals surface area contributed by atoms with Gasteiger partial charge >= 0.3 is 6.03 Å². The van der Waals surface area contributed by atoms with Gasteiger partial charge in [0.1, 0.15) is 0 Å². The number of hydrogen-bond donors (Lipinski definition) is 1. The molecule has 28 heavy (non-hydrogen) atoms. The maximum atomic E-state index is 12.9. The Balaban J connectivity index is 1.72. The summed E-state index contributed by atoms with van der Waals surface area (Å²) in [5.41, 5.74) is 2.58. The minimum absolute atomic E-state index is 0.136. The van der Waals surface area contributed by atoms with Crippen molar-refractivity contribution in [2.75, 3.05) is 16.8 Å². The average Bonchev–Trinajstić information content (AvgIpc) is 3.04. The fourth-order valence-corrected chi connectivity index (χ4v) is 3.47. The van der Waals surface area contributed by atoms with Gasteiger partial charge in [-0.1, -0.05) is 19.4 Å². The van der Waals surface area contributed by atoms with Gasteiger partial charge in [0.25, 0.3) is 0 Å². The Kier molecular flexibility index (Phi) is 6.63. The number of aromatic nitrogens is 1. The number of hydrogen-bond acceptors (Lipinski definition) is 3. The Morgan fingerprint density at radius 1 is 1.29 bits per heavy atom. The number of unbranched alkanes of at least 4 members (excludes halogenated alkanes) is 1. The van der Waals surface area contributed by atoms with Crippen LogP contribution in [-0.4, -0.2) is 34.4 Å². The summed E-state index contributed by atoms with van der Waals surface area (Å²) < 4.78 is 0. The topological polar surface area (TPSA) is 65.5 Å². The molecule has 1 aliphatic heterocycles. The van der Waals surface area contributed by atoms with E-state index in [1.54, 1.807) is 12.4 Å². The third kappa shape index (κ3) is 4.88. The van der Waals surface area contributed by atoms with Crippen molar-refractivity contribution >= 4 is 23.3 Å². The van der Waals surface area contributed by atoms with Crippen molar-refractivity contribution in [3.05, 3.63) is 54.4 Å². The monoisotopic (exact) mass is 380 g/mol. The van der Waals surface area contributed by atoms with E-state index in [4.69, 9.17) is 0 Å². The molecule has 0 bridgehead atoms. The lowest BCUT2D eigenvalue weighted by atomic mass is 10.2. The molecule has 1 N–H and O–H groups in total. The zero-order chi connectivity index (χ0) is 19.9. The van der Waals surface area contributed by atoms with Crippen LogP contribution in [0.2, 0.25) is 0 Å². The first-order chi connectivity index (χ1) is 13.6. The number of pyridine rings is 1. The van der Waals surface area contributed by atoms with Crippen LogP contribution in [0.25, 0.3) is 0 Å². The molecule has 0 aliphatic carbocycles. The van der Waals surface area contributed by atoms with E-state index in [1.165, 1.54) is 0 Å². The van der Waals surface area contributed by atoms with Crippen LogP contribution in [0.5, 0.6) is 0 Å². The van der Waals surface area contributed by atoms with Gasteiger partial charge in [-0.3, -0.25) is 9.78 Å². The number of carbonyl (C=O) groups is 2. The van der Waals surface area contributed by atoms with Crippen LogP contribution in [-0.2, 0) is 11.3 Å². The fourth-order valence-electron chi connectivity index (χ4n) is 3.47. The third-order valence-corrected chi connectivity index (χ3v) is 5.05. The number of amides is 3. The second kappa shape index (κ2) is 9.35. The van der Waals surface area contributed by atoms with Crippen LogP contribution in [0, 0.1) is 0 Å². The largest absolute Gasteiger partial charge is 0.322 e. The molecule has 3 rings (SSSR count). The summed E-state index contributed by atoms with van der Waals surface area (Å²) in [7, 11) is 0. The zero-order valence-electron chi connectivity index (χ0n) is 16.6. The standard InChI is InChI=1S/C22H28N4O2/c1-3-4-14-25(16-18-10-12-23-13-11-18)22(28)24-19-6-5-7-20(15-19)26-17(2)8-9-21(26)27/h5-7,10-13,15,17H,3-4,8-9,14,16H2,1-2H3,(H,24,28)/t17-/m0/s1. The van der Waals surface area contributed by atoms with Gasteiger partial charge in [0.05, 0.1) is 0 Å². The van der Waals surface area contributed by atoms with E-state index in [1.807, 2.05) is 46.2 Å². The first-order valence-electron chi connectivity index (χ1n) is 9.95. The van der Waals surface area contributed by atoms with Gasteiger partial charge in [0.2, 0.25) is 5.91 Å². The van der Waals surface area contributed by atoms with Crippen LogP contribution < -0.4 is 10.2 Å². The van der Waals surface area contributed by atoms with E-state index >= 15 is 0 Å².